The van der Waals surface area contributed by atoms with Crippen LogP contribution < -0.4 is 4.74 Å². The number of carboxylic acid groups (broad SMARTS) is 1. The second-order valence-electron chi connectivity index (χ2n) is 3.11. The Hall–Kier alpha value is -0.930. The number of hydrogen-bond donors (Lipinski definition) is 1. The van der Waals surface area contributed by atoms with Crippen LogP contribution in [0.2, 0.25) is 10.0 Å². The molecular weight excluding hydrogens is 239 g/mol. The van der Waals surface area contributed by atoms with E-state index in [1.165, 1.54) is 6.92 Å². The maximum Gasteiger partial charge on any atom is 0.344 e. The Bertz CT molecular complexity index is 390. The molecule has 1 aromatic rings. The Morgan fingerprint density at radius 2 is 2.07 bits per heavy atom. The van der Waals surface area contributed by atoms with Gasteiger partial charge in [0.1, 0.15) is 5.75 Å². The smallest absolute Gasteiger partial charge is 0.344 e. The molecule has 82 valence electrons. The van der Waals surface area contributed by atoms with Crippen LogP contribution in [0.3, 0.4) is 0 Å². The standard InChI is InChI=1S/C10H10Cl2O3/c1-5-8(12)3-7(11)4-9(5)15-6(2)10(13)14/h3-4,6H,1-2H3,(H,13,14). The van der Waals surface area contributed by atoms with E-state index in [-0.39, 0.29) is 0 Å². The zero-order chi connectivity index (χ0) is 11.6. The van der Waals surface area contributed by atoms with Gasteiger partial charge in [-0.15, -0.1) is 0 Å². The van der Waals surface area contributed by atoms with Gasteiger partial charge in [-0.25, -0.2) is 4.79 Å². The van der Waals surface area contributed by atoms with Crippen LogP contribution in [0.5, 0.6) is 5.75 Å². The van der Waals surface area contributed by atoms with Gasteiger partial charge in [0, 0.05) is 15.6 Å². The van der Waals surface area contributed by atoms with Crippen molar-refractivity contribution in [3.63, 3.8) is 0 Å². The van der Waals surface area contributed by atoms with Crippen molar-refractivity contribution in [3.8, 4) is 5.75 Å². The van der Waals surface area contributed by atoms with E-state index in [9.17, 15) is 4.79 Å². The van der Waals surface area contributed by atoms with E-state index in [0.29, 0.717) is 21.4 Å². The summed E-state index contributed by atoms with van der Waals surface area (Å²) in [4.78, 5) is 10.6. The van der Waals surface area contributed by atoms with Gasteiger partial charge in [-0.05, 0) is 26.0 Å². The van der Waals surface area contributed by atoms with Gasteiger partial charge < -0.3 is 9.84 Å². The second-order valence-corrected chi connectivity index (χ2v) is 3.95. The van der Waals surface area contributed by atoms with Gasteiger partial charge in [0.2, 0.25) is 0 Å². The van der Waals surface area contributed by atoms with Crippen LogP contribution in [0.15, 0.2) is 12.1 Å². The fourth-order valence-corrected chi connectivity index (χ4v) is 1.46. The molecule has 0 aliphatic heterocycles. The third kappa shape index (κ3) is 3.01. The van der Waals surface area contributed by atoms with Gasteiger partial charge >= 0.3 is 5.97 Å². The van der Waals surface area contributed by atoms with Crippen LogP contribution in [0.25, 0.3) is 0 Å². The van der Waals surface area contributed by atoms with Crippen molar-refractivity contribution in [1.82, 2.24) is 0 Å². The predicted octanol–water partition coefficient (Wildman–Crippen LogP) is 3.15. The van der Waals surface area contributed by atoms with Crippen molar-refractivity contribution >= 4 is 29.2 Å². The molecule has 0 aliphatic rings. The average molecular weight is 249 g/mol. The highest BCUT2D eigenvalue weighted by Crippen LogP contribution is 2.30. The molecule has 3 nitrogen and oxygen atoms in total. The number of benzene rings is 1. The number of carboxylic acids is 1. The number of carbonyl (C=O) groups is 1. The molecule has 0 spiro atoms. The van der Waals surface area contributed by atoms with Gasteiger partial charge in [0.05, 0.1) is 0 Å². The SMILES string of the molecule is Cc1c(Cl)cc(Cl)cc1OC(C)C(=O)O. The first-order valence-electron chi connectivity index (χ1n) is 4.27. The number of aliphatic carboxylic acids is 1. The summed E-state index contributed by atoms with van der Waals surface area (Å²) in [6, 6.07) is 3.12. The van der Waals surface area contributed by atoms with E-state index in [1.54, 1.807) is 19.1 Å². The Labute approximate surface area is 97.6 Å². The largest absolute Gasteiger partial charge is 0.479 e. The first kappa shape index (κ1) is 12.1. The molecule has 0 heterocycles. The van der Waals surface area contributed by atoms with Crippen molar-refractivity contribution in [1.29, 1.82) is 0 Å². The van der Waals surface area contributed by atoms with Gasteiger partial charge in [-0.1, -0.05) is 23.2 Å². The predicted molar refractivity (Wildman–Crippen MR) is 58.9 cm³/mol. The molecule has 1 N–H and O–H groups in total. The van der Waals surface area contributed by atoms with Crippen molar-refractivity contribution in [2.75, 3.05) is 0 Å². The summed E-state index contributed by atoms with van der Waals surface area (Å²) < 4.78 is 5.20. The summed E-state index contributed by atoms with van der Waals surface area (Å²) >= 11 is 11.6. The molecule has 0 saturated heterocycles. The molecule has 0 aliphatic carbocycles. The van der Waals surface area contributed by atoms with Crippen LogP contribution >= 0.6 is 23.2 Å². The zero-order valence-corrected chi connectivity index (χ0v) is 9.76. The molecule has 1 rings (SSSR count). The topological polar surface area (TPSA) is 46.5 Å². The lowest BCUT2D eigenvalue weighted by atomic mass is 10.2. The summed E-state index contributed by atoms with van der Waals surface area (Å²) in [5.74, 6) is -0.645. The normalized spacial score (nSPS) is 12.3. The fourth-order valence-electron chi connectivity index (χ4n) is 0.985. The Kier molecular flexibility index (Phi) is 3.83. The molecule has 0 bridgehead atoms. The van der Waals surface area contributed by atoms with Gasteiger partial charge in [-0.2, -0.15) is 0 Å². The van der Waals surface area contributed by atoms with Gasteiger partial charge in [0.25, 0.3) is 0 Å². The Morgan fingerprint density at radius 1 is 1.47 bits per heavy atom. The van der Waals surface area contributed by atoms with Crippen molar-refractivity contribution in [2.45, 2.75) is 20.0 Å². The molecule has 0 fully saturated rings. The minimum absolute atomic E-state index is 0.391. The van der Waals surface area contributed by atoms with Crippen LogP contribution in [0.4, 0.5) is 0 Å². The third-order valence-electron chi connectivity index (χ3n) is 1.91. The second kappa shape index (κ2) is 4.73. The lowest BCUT2D eigenvalue weighted by Crippen LogP contribution is -2.23. The van der Waals surface area contributed by atoms with E-state index in [4.69, 9.17) is 33.0 Å². The summed E-state index contributed by atoms with van der Waals surface area (Å²) in [7, 11) is 0. The van der Waals surface area contributed by atoms with Crippen LogP contribution in [-0.2, 0) is 4.79 Å². The van der Waals surface area contributed by atoms with Crippen LogP contribution in [-0.4, -0.2) is 17.2 Å². The van der Waals surface area contributed by atoms with E-state index in [0.717, 1.165) is 0 Å². The number of rotatable bonds is 3. The fraction of sp³-hybridized carbons (Fsp3) is 0.300. The summed E-state index contributed by atoms with van der Waals surface area (Å²) in [5, 5.41) is 9.55. The van der Waals surface area contributed by atoms with Crippen molar-refractivity contribution in [3.05, 3.63) is 27.7 Å². The first-order chi connectivity index (χ1) is 6.91. The molecule has 5 heteroatoms. The van der Waals surface area contributed by atoms with Crippen LogP contribution in [0, 0.1) is 6.92 Å². The number of halogens is 2. The van der Waals surface area contributed by atoms with E-state index >= 15 is 0 Å². The highest BCUT2D eigenvalue weighted by atomic mass is 35.5. The minimum atomic E-state index is -1.04. The number of hydrogen-bond acceptors (Lipinski definition) is 2. The summed E-state index contributed by atoms with van der Waals surface area (Å²) in [6.07, 6.45) is -0.932. The highest BCUT2D eigenvalue weighted by molar-refractivity contribution is 6.35. The molecule has 0 radical (unpaired) electrons. The van der Waals surface area contributed by atoms with Gasteiger partial charge in [-0.3, -0.25) is 0 Å². The van der Waals surface area contributed by atoms with E-state index in [2.05, 4.69) is 0 Å². The monoisotopic (exact) mass is 248 g/mol. The Morgan fingerprint density at radius 3 is 2.60 bits per heavy atom. The van der Waals surface area contributed by atoms with E-state index < -0.39 is 12.1 Å². The Balaban J connectivity index is 2.99. The lowest BCUT2D eigenvalue weighted by Gasteiger charge is -2.13. The molecule has 0 saturated carbocycles. The molecule has 1 atom stereocenters. The molecule has 1 aromatic carbocycles. The van der Waals surface area contributed by atoms with Crippen molar-refractivity contribution < 1.29 is 14.6 Å². The minimum Gasteiger partial charge on any atom is -0.479 e. The third-order valence-corrected chi connectivity index (χ3v) is 2.52. The maximum atomic E-state index is 10.6. The maximum absolute atomic E-state index is 10.6. The average Bonchev–Trinajstić information content (AvgIpc) is 2.13. The first-order valence-corrected chi connectivity index (χ1v) is 5.02. The van der Waals surface area contributed by atoms with Crippen LogP contribution in [0.1, 0.15) is 12.5 Å². The van der Waals surface area contributed by atoms with Crippen molar-refractivity contribution in [2.24, 2.45) is 0 Å². The molecule has 1 unspecified atom stereocenters. The summed E-state index contributed by atoms with van der Waals surface area (Å²) in [5.41, 5.74) is 0.675. The molecule has 15 heavy (non-hydrogen) atoms. The van der Waals surface area contributed by atoms with E-state index in [1.807, 2.05) is 0 Å². The molecule has 0 aromatic heterocycles. The summed E-state index contributed by atoms with van der Waals surface area (Å²) in [6.45, 7) is 3.18. The number of ether oxygens (including phenoxy) is 1. The molecule has 0 amide bonds. The highest BCUT2D eigenvalue weighted by Gasteiger charge is 2.15. The molecular formula is C10H10Cl2O3. The zero-order valence-electron chi connectivity index (χ0n) is 8.25. The lowest BCUT2D eigenvalue weighted by molar-refractivity contribution is -0.144. The van der Waals surface area contributed by atoms with Gasteiger partial charge in [0.15, 0.2) is 6.10 Å². The quantitative estimate of drug-likeness (QED) is 0.894.